The topological polar surface area (TPSA) is 58.6 Å². The molecule has 31 heavy (non-hydrogen) atoms. The van der Waals surface area contributed by atoms with Gasteiger partial charge in [0.2, 0.25) is 11.8 Å². The fraction of sp³-hybridized carbons (Fsp3) is 0.417. The monoisotopic (exact) mass is 448 g/mol. The van der Waals surface area contributed by atoms with Crippen LogP contribution in [0.1, 0.15) is 45.6 Å². The summed E-state index contributed by atoms with van der Waals surface area (Å²) in [5.74, 6) is -0.0251. The number of hydrogen-bond donors (Lipinski definition) is 1. The van der Waals surface area contributed by atoms with E-state index in [4.69, 9.17) is 16.3 Å². The van der Waals surface area contributed by atoms with Crippen molar-refractivity contribution in [2.45, 2.75) is 58.7 Å². The minimum Gasteiger partial charge on any atom is -0.494 e. The third-order valence-corrected chi connectivity index (χ3v) is 5.30. The van der Waals surface area contributed by atoms with Crippen LogP contribution in [0, 0.1) is 5.82 Å². The molecule has 0 heterocycles. The smallest absolute Gasteiger partial charge is 0.242 e. The van der Waals surface area contributed by atoms with Crippen LogP contribution in [0.5, 0.6) is 5.75 Å². The summed E-state index contributed by atoms with van der Waals surface area (Å²) in [5, 5.41) is 3.55. The number of rotatable bonds is 11. The Morgan fingerprint density at radius 2 is 1.74 bits per heavy atom. The lowest BCUT2D eigenvalue weighted by Gasteiger charge is -2.29. The summed E-state index contributed by atoms with van der Waals surface area (Å²) in [6.07, 6.45) is 1.53. The average molecular weight is 449 g/mol. The van der Waals surface area contributed by atoms with E-state index in [1.54, 1.807) is 43.3 Å². The second-order valence-corrected chi connectivity index (χ2v) is 7.98. The van der Waals surface area contributed by atoms with Gasteiger partial charge in [0.05, 0.1) is 6.61 Å². The third-order valence-electron chi connectivity index (χ3n) is 5.05. The second kappa shape index (κ2) is 12.3. The van der Waals surface area contributed by atoms with Gasteiger partial charge in [-0.1, -0.05) is 30.7 Å². The molecule has 2 rings (SSSR count). The van der Waals surface area contributed by atoms with Gasteiger partial charge in [-0.3, -0.25) is 9.59 Å². The summed E-state index contributed by atoms with van der Waals surface area (Å²) in [4.78, 5) is 27.2. The van der Waals surface area contributed by atoms with Crippen molar-refractivity contribution in [3.05, 3.63) is 64.9 Å². The molecule has 0 aromatic heterocycles. The highest BCUT2D eigenvalue weighted by molar-refractivity contribution is 6.30. The number of halogens is 2. The summed E-state index contributed by atoms with van der Waals surface area (Å²) >= 11 is 5.86. The van der Waals surface area contributed by atoms with Gasteiger partial charge in [0, 0.05) is 24.0 Å². The summed E-state index contributed by atoms with van der Waals surface area (Å²) in [6, 6.07) is 12.3. The molecule has 0 aliphatic heterocycles. The van der Waals surface area contributed by atoms with E-state index in [2.05, 4.69) is 5.32 Å². The quantitative estimate of drug-likeness (QED) is 0.494. The predicted molar refractivity (Wildman–Crippen MR) is 120 cm³/mol. The molecule has 7 heteroatoms. The van der Waals surface area contributed by atoms with Gasteiger partial charge in [0.15, 0.2) is 0 Å². The first-order valence-electron chi connectivity index (χ1n) is 10.5. The highest BCUT2D eigenvalue weighted by Crippen LogP contribution is 2.17. The van der Waals surface area contributed by atoms with Gasteiger partial charge in [-0.25, -0.2) is 4.39 Å². The number of ether oxygens (including phenoxy) is 1. The molecule has 0 spiro atoms. The largest absolute Gasteiger partial charge is 0.494 e. The molecular formula is C24H30ClFN2O3. The molecule has 1 N–H and O–H groups in total. The maximum absolute atomic E-state index is 13.3. The van der Waals surface area contributed by atoms with Crippen molar-refractivity contribution < 1.29 is 18.7 Å². The number of nitrogens with zero attached hydrogens (tertiary/aromatic N) is 1. The van der Waals surface area contributed by atoms with Crippen molar-refractivity contribution in [3.63, 3.8) is 0 Å². The molecule has 0 aliphatic carbocycles. The van der Waals surface area contributed by atoms with Crippen molar-refractivity contribution in [1.29, 1.82) is 0 Å². The zero-order chi connectivity index (χ0) is 22.8. The Labute approximate surface area is 188 Å². The second-order valence-electron chi connectivity index (χ2n) is 7.55. The van der Waals surface area contributed by atoms with Crippen molar-refractivity contribution in [3.8, 4) is 5.75 Å². The molecule has 5 nitrogen and oxygen atoms in total. The van der Waals surface area contributed by atoms with Crippen LogP contribution in [0.25, 0.3) is 0 Å². The van der Waals surface area contributed by atoms with Gasteiger partial charge < -0.3 is 15.0 Å². The first-order valence-corrected chi connectivity index (χ1v) is 10.9. The maximum Gasteiger partial charge on any atom is 0.242 e. The first kappa shape index (κ1) is 24.7. The van der Waals surface area contributed by atoms with Crippen molar-refractivity contribution >= 4 is 23.4 Å². The van der Waals surface area contributed by atoms with Crippen LogP contribution in [0.4, 0.5) is 4.39 Å². The fourth-order valence-corrected chi connectivity index (χ4v) is 3.05. The van der Waals surface area contributed by atoms with E-state index in [9.17, 15) is 14.0 Å². The van der Waals surface area contributed by atoms with E-state index in [1.807, 2.05) is 13.8 Å². The summed E-state index contributed by atoms with van der Waals surface area (Å²) in [6.45, 7) is 6.21. The van der Waals surface area contributed by atoms with Gasteiger partial charge in [0.25, 0.3) is 0 Å². The molecule has 2 aromatic rings. The number of carbonyl (C=O) groups is 2. The molecule has 2 aromatic carbocycles. The fourth-order valence-electron chi connectivity index (χ4n) is 2.92. The van der Waals surface area contributed by atoms with Gasteiger partial charge in [0.1, 0.15) is 17.6 Å². The molecule has 168 valence electrons. The van der Waals surface area contributed by atoms with Crippen molar-refractivity contribution in [1.82, 2.24) is 10.2 Å². The summed E-state index contributed by atoms with van der Waals surface area (Å²) in [5.41, 5.74) is 0.760. The van der Waals surface area contributed by atoms with Crippen LogP contribution in [0.3, 0.4) is 0 Å². The molecule has 0 bridgehead atoms. The average Bonchev–Trinajstić information content (AvgIpc) is 2.76. The van der Waals surface area contributed by atoms with Crippen LogP contribution in [-0.4, -0.2) is 35.4 Å². The molecule has 0 saturated heterocycles. The molecule has 2 amide bonds. The summed E-state index contributed by atoms with van der Waals surface area (Å²) in [7, 11) is 0. The molecule has 2 unspecified atom stereocenters. The molecule has 0 saturated carbocycles. The Morgan fingerprint density at radius 1 is 1.10 bits per heavy atom. The van der Waals surface area contributed by atoms with Crippen LogP contribution in [-0.2, 0) is 16.1 Å². The van der Waals surface area contributed by atoms with Crippen LogP contribution >= 0.6 is 11.6 Å². The molecular weight excluding hydrogens is 419 g/mol. The number of amides is 2. The lowest BCUT2D eigenvalue weighted by atomic mass is 10.1. The van der Waals surface area contributed by atoms with Gasteiger partial charge in [-0.15, -0.1) is 0 Å². The van der Waals surface area contributed by atoms with E-state index in [1.165, 1.54) is 17.0 Å². The van der Waals surface area contributed by atoms with E-state index < -0.39 is 6.04 Å². The van der Waals surface area contributed by atoms with E-state index >= 15 is 0 Å². The number of hydrogen-bond acceptors (Lipinski definition) is 3. The van der Waals surface area contributed by atoms with Crippen LogP contribution < -0.4 is 10.1 Å². The van der Waals surface area contributed by atoms with E-state index in [0.717, 1.165) is 12.0 Å². The van der Waals surface area contributed by atoms with Crippen molar-refractivity contribution in [2.75, 3.05) is 6.61 Å². The number of nitrogens with one attached hydrogen (secondary N) is 1. The number of carbonyl (C=O) groups excluding carboxylic acids is 2. The Balaban J connectivity index is 1.99. The highest BCUT2D eigenvalue weighted by atomic mass is 35.5. The Morgan fingerprint density at radius 3 is 2.35 bits per heavy atom. The van der Waals surface area contributed by atoms with Gasteiger partial charge in [-0.2, -0.15) is 0 Å². The zero-order valence-corrected chi connectivity index (χ0v) is 19.0. The van der Waals surface area contributed by atoms with Crippen molar-refractivity contribution in [2.24, 2.45) is 0 Å². The number of benzene rings is 2. The third kappa shape index (κ3) is 8.21. The Hall–Kier alpha value is -2.60. The lowest BCUT2D eigenvalue weighted by molar-refractivity contribution is -0.141. The predicted octanol–water partition coefficient (Wildman–Crippen LogP) is 4.97. The first-order chi connectivity index (χ1) is 14.8. The molecule has 0 aliphatic rings. The molecule has 0 radical (unpaired) electrons. The van der Waals surface area contributed by atoms with E-state index in [-0.39, 0.29) is 36.6 Å². The highest BCUT2D eigenvalue weighted by Gasteiger charge is 2.26. The van der Waals surface area contributed by atoms with Gasteiger partial charge >= 0.3 is 0 Å². The minimum atomic E-state index is -0.649. The Kier molecular flexibility index (Phi) is 9.79. The Bertz CT molecular complexity index is 843. The standard InChI is InChI=1S/C24H30ClFN2O3/c1-4-17(2)27-24(30)18(3)28(16-19-7-11-21(26)12-8-19)23(29)6-5-15-31-22-13-9-20(25)10-14-22/h7-14,17-18H,4-6,15-16H2,1-3H3,(H,27,30). The minimum absolute atomic E-state index is 0.0190. The van der Waals surface area contributed by atoms with E-state index in [0.29, 0.717) is 23.8 Å². The van der Waals surface area contributed by atoms with Gasteiger partial charge in [-0.05, 0) is 68.7 Å². The molecule has 0 fully saturated rings. The zero-order valence-electron chi connectivity index (χ0n) is 18.2. The normalized spacial score (nSPS) is 12.7. The van der Waals surface area contributed by atoms with Crippen LogP contribution in [0.15, 0.2) is 48.5 Å². The van der Waals surface area contributed by atoms with Crippen LogP contribution in [0.2, 0.25) is 5.02 Å². The lowest BCUT2D eigenvalue weighted by Crippen LogP contribution is -2.49. The molecule has 2 atom stereocenters. The SMILES string of the molecule is CCC(C)NC(=O)C(C)N(Cc1ccc(F)cc1)C(=O)CCCOc1ccc(Cl)cc1. The maximum atomic E-state index is 13.3. The summed E-state index contributed by atoms with van der Waals surface area (Å²) < 4.78 is 18.9.